The first kappa shape index (κ1) is 16.6. The van der Waals surface area contributed by atoms with Crippen LogP contribution in [0.4, 0.5) is 11.6 Å². The molecule has 2 aromatic heterocycles. The van der Waals surface area contributed by atoms with E-state index in [-0.39, 0.29) is 18.2 Å². The number of carbonyl (C=O) groups is 1. The molecule has 2 heterocycles. The van der Waals surface area contributed by atoms with E-state index in [1.165, 1.54) is 17.2 Å². The van der Waals surface area contributed by atoms with Gasteiger partial charge < -0.3 is 0 Å². The molecule has 0 radical (unpaired) electrons. The molecule has 1 N–H and O–H groups in total. The zero-order chi connectivity index (χ0) is 17.8. The van der Waals surface area contributed by atoms with Crippen LogP contribution in [0.2, 0.25) is 5.02 Å². The quantitative estimate of drug-likeness (QED) is 0.527. The minimum Gasteiger partial charge on any atom is -0.292 e. The molecule has 11 heteroatoms. The van der Waals surface area contributed by atoms with Gasteiger partial charge in [-0.15, -0.1) is 5.10 Å². The van der Waals surface area contributed by atoms with Crippen molar-refractivity contribution in [1.29, 1.82) is 0 Å². The summed E-state index contributed by atoms with van der Waals surface area (Å²) in [6.45, 7) is 0.223. The van der Waals surface area contributed by atoms with E-state index in [1.807, 2.05) is 18.2 Å². The molecule has 0 atom stereocenters. The molecule has 128 valence electrons. The standard InChI is InChI=1S/C14H12ClN7O3/c15-12-4-2-1-3-10(12)6-21-9-16-14(19-21)18-13(23)8-20-7-11(5-17-20)22(24)25/h1-5,7,9H,6,8H2,(H,18,19,23). The average molecular weight is 362 g/mol. The highest BCUT2D eigenvalue weighted by Gasteiger charge is 2.12. The monoisotopic (exact) mass is 361 g/mol. The minimum atomic E-state index is -0.584. The van der Waals surface area contributed by atoms with Crippen molar-refractivity contribution in [2.24, 2.45) is 0 Å². The smallest absolute Gasteiger partial charge is 0.292 e. The van der Waals surface area contributed by atoms with Crippen molar-refractivity contribution in [1.82, 2.24) is 24.5 Å². The first-order valence-electron chi connectivity index (χ1n) is 7.11. The molecule has 0 aliphatic heterocycles. The Kier molecular flexibility index (Phi) is 4.70. The molecule has 0 aliphatic carbocycles. The number of carbonyl (C=O) groups excluding carboxylic acids is 1. The summed E-state index contributed by atoms with van der Waals surface area (Å²) in [4.78, 5) is 25.9. The maximum Gasteiger partial charge on any atom is 0.307 e. The number of nitrogens with one attached hydrogen (secondary N) is 1. The molecule has 0 bridgehead atoms. The predicted molar refractivity (Wildman–Crippen MR) is 88.1 cm³/mol. The first-order valence-corrected chi connectivity index (χ1v) is 7.48. The Bertz CT molecular complexity index is 921. The van der Waals surface area contributed by atoms with Crippen LogP contribution in [0.15, 0.2) is 43.0 Å². The highest BCUT2D eigenvalue weighted by Crippen LogP contribution is 2.16. The number of aromatic nitrogens is 5. The Morgan fingerprint density at radius 1 is 1.32 bits per heavy atom. The number of nitrogens with zero attached hydrogens (tertiary/aromatic N) is 6. The van der Waals surface area contributed by atoms with Crippen molar-refractivity contribution in [3.8, 4) is 0 Å². The van der Waals surface area contributed by atoms with Crippen LogP contribution >= 0.6 is 11.6 Å². The number of hydrogen-bond acceptors (Lipinski definition) is 6. The van der Waals surface area contributed by atoms with E-state index >= 15 is 0 Å². The summed E-state index contributed by atoms with van der Waals surface area (Å²) < 4.78 is 2.70. The molecule has 1 amide bonds. The van der Waals surface area contributed by atoms with Gasteiger partial charge in [0.25, 0.3) is 0 Å². The second kappa shape index (κ2) is 7.09. The summed E-state index contributed by atoms with van der Waals surface area (Å²) in [5.41, 5.74) is 0.686. The summed E-state index contributed by atoms with van der Waals surface area (Å²) >= 11 is 6.09. The highest BCUT2D eigenvalue weighted by molar-refractivity contribution is 6.31. The average Bonchev–Trinajstić information content (AvgIpc) is 3.19. The van der Waals surface area contributed by atoms with Crippen LogP contribution in [0, 0.1) is 10.1 Å². The van der Waals surface area contributed by atoms with Crippen molar-refractivity contribution in [3.05, 3.63) is 63.7 Å². The van der Waals surface area contributed by atoms with Gasteiger partial charge in [-0.05, 0) is 11.6 Å². The Morgan fingerprint density at radius 3 is 2.84 bits per heavy atom. The Morgan fingerprint density at radius 2 is 2.12 bits per heavy atom. The Balaban J connectivity index is 1.59. The number of amides is 1. The summed E-state index contributed by atoms with van der Waals surface area (Å²) in [6.07, 6.45) is 3.71. The third kappa shape index (κ3) is 4.18. The molecule has 25 heavy (non-hydrogen) atoms. The molecule has 0 fully saturated rings. The number of halogens is 1. The Labute approximate surface area is 146 Å². The van der Waals surface area contributed by atoms with Crippen molar-refractivity contribution in [2.75, 3.05) is 5.32 Å². The summed E-state index contributed by atoms with van der Waals surface area (Å²) in [5.74, 6) is -0.327. The Hall–Kier alpha value is -3.27. The zero-order valence-corrected chi connectivity index (χ0v) is 13.5. The fraction of sp³-hybridized carbons (Fsp3) is 0.143. The maximum absolute atomic E-state index is 11.9. The number of rotatable bonds is 6. The van der Waals surface area contributed by atoms with E-state index in [2.05, 4.69) is 20.5 Å². The molecule has 0 saturated carbocycles. The number of anilines is 1. The minimum absolute atomic E-state index is 0.124. The van der Waals surface area contributed by atoms with E-state index in [1.54, 1.807) is 6.07 Å². The van der Waals surface area contributed by atoms with Gasteiger partial charge in [-0.1, -0.05) is 29.8 Å². The second-order valence-corrected chi connectivity index (χ2v) is 5.47. The number of nitro groups is 1. The highest BCUT2D eigenvalue weighted by atomic mass is 35.5. The number of benzene rings is 1. The third-order valence-corrected chi connectivity index (χ3v) is 3.58. The number of hydrogen-bond donors (Lipinski definition) is 1. The molecule has 1 aromatic carbocycles. The van der Waals surface area contributed by atoms with Crippen LogP contribution < -0.4 is 5.32 Å². The molecule has 0 unspecified atom stereocenters. The van der Waals surface area contributed by atoms with Gasteiger partial charge in [0.05, 0.1) is 11.5 Å². The molecule has 0 aliphatic rings. The van der Waals surface area contributed by atoms with Crippen LogP contribution in [-0.2, 0) is 17.9 Å². The second-order valence-electron chi connectivity index (χ2n) is 5.06. The lowest BCUT2D eigenvalue weighted by Gasteiger charge is -2.03. The largest absolute Gasteiger partial charge is 0.307 e. The van der Waals surface area contributed by atoms with E-state index < -0.39 is 10.8 Å². The van der Waals surface area contributed by atoms with Crippen molar-refractivity contribution in [2.45, 2.75) is 13.1 Å². The predicted octanol–water partition coefficient (Wildman–Crippen LogP) is 1.72. The normalized spacial score (nSPS) is 10.6. The van der Waals surface area contributed by atoms with Gasteiger partial charge in [0, 0.05) is 5.02 Å². The van der Waals surface area contributed by atoms with Crippen LogP contribution in [0.1, 0.15) is 5.56 Å². The summed E-state index contributed by atoms with van der Waals surface area (Å²) in [5, 5.41) is 21.6. The van der Waals surface area contributed by atoms with Gasteiger partial charge in [0.2, 0.25) is 11.9 Å². The van der Waals surface area contributed by atoms with Gasteiger partial charge in [-0.25, -0.2) is 9.67 Å². The van der Waals surface area contributed by atoms with Crippen molar-refractivity contribution < 1.29 is 9.72 Å². The summed E-state index contributed by atoms with van der Waals surface area (Å²) in [6, 6.07) is 7.34. The molecule has 10 nitrogen and oxygen atoms in total. The molecular weight excluding hydrogens is 350 g/mol. The van der Waals surface area contributed by atoms with Gasteiger partial charge in [-0.3, -0.25) is 24.9 Å². The third-order valence-electron chi connectivity index (χ3n) is 3.21. The fourth-order valence-corrected chi connectivity index (χ4v) is 2.27. The van der Waals surface area contributed by atoms with E-state index in [0.717, 1.165) is 16.4 Å². The zero-order valence-electron chi connectivity index (χ0n) is 12.7. The SMILES string of the molecule is O=C(Cn1cc([N+](=O)[O-])cn1)Nc1ncn(Cc2ccccc2Cl)n1. The van der Waals surface area contributed by atoms with Gasteiger partial charge in [0.1, 0.15) is 25.3 Å². The molecule has 3 rings (SSSR count). The lowest BCUT2D eigenvalue weighted by atomic mass is 10.2. The van der Waals surface area contributed by atoms with E-state index in [4.69, 9.17) is 11.6 Å². The molecular formula is C14H12ClN7O3. The topological polar surface area (TPSA) is 121 Å². The van der Waals surface area contributed by atoms with Crippen LogP contribution in [0.3, 0.4) is 0 Å². The van der Waals surface area contributed by atoms with Crippen LogP contribution in [-0.4, -0.2) is 35.4 Å². The van der Waals surface area contributed by atoms with E-state index in [9.17, 15) is 14.9 Å². The van der Waals surface area contributed by atoms with Gasteiger partial charge in [0.15, 0.2) is 0 Å². The van der Waals surface area contributed by atoms with E-state index in [0.29, 0.717) is 11.6 Å². The molecule has 3 aromatic rings. The lowest BCUT2D eigenvalue weighted by molar-refractivity contribution is -0.385. The first-order chi connectivity index (χ1) is 12.0. The van der Waals surface area contributed by atoms with Crippen LogP contribution in [0.5, 0.6) is 0 Å². The van der Waals surface area contributed by atoms with Crippen LogP contribution in [0.25, 0.3) is 0 Å². The van der Waals surface area contributed by atoms with Crippen molar-refractivity contribution >= 4 is 29.1 Å². The maximum atomic E-state index is 11.9. The molecule has 0 spiro atoms. The van der Waals surface area contributed by atoms with Crippen molar-refractivity contribution in [3.63, 3.8) is 0 Å². The fourth-order valence-electron chi connectivity index (χ4n) is 2.07. The molecule has 0 saturated heterocycles. The lowest BCUT2D eigenvalue weighted by Crippen LogP contribution is -2.20. The summed E-state index contributed by atoms with van der Waals surface area (Å²) in [7, 11) is 0. The van der Waals surface area contributed by atoms with Gasteiger partial charge >= 0.3 is 5.69 Å². The van der Waals surface area contributed by atoms with Gasteiger partial charge in [-0.2, -0.15) is 5.10 Å².